The minimum Gasteiger partial charge on any atom is -0.381 e. The molecule has 43 heavy (non-hydrogen) atoms. The van der Waals surface area contributed by atoms with E-state index in [-0.39, 0.29) is 24.3 Å². The molecule has 0 bridgehead atoms. The predicted octanol–water partition coefficient (Wildman–Crippen LogP) is 4.40. The molecule has 1 aromatic carbocycles. The molecule has 9 heteroatoms. The number of carbonyl (C=O) groups is 2. The number of allylic oxidation sites excluding steroid dienone is 1. The second kappa shape index (κ2) is 13.8. The second-order valence-corrected chi connectivity index (χ2v) is 12.1. The monoisotopic (exact) mass is 586 g/mol. The number of piperazine rings is 1. The van der Waals surface area contributed by atoms with Crippen molar-refractivity contribution in [2.45, 2.75) is 53.5 Å². The van der Waals surface area contributed by atoms with Gasteiger partial charge in [0.2, 0.25) is 0 Å². The number of ether oxygens (including phenoxy) is 1. The van der Waals surface area contributed by atoms with Crippen molar-refractivity contribution in [3.63, 3.8) is 0 Å². The second-order valence-electron chi connectivity index (χ2n) is 12.1. The zero-order valence-corrected chi connectivity index (χ0v) is 26.3. The summed E-state index contributed by atoms with van der Waals surface area (Å²) in [4.78, 5) is 40.5. The Morgan fingerprint density at radius 3 is 2.53 bits per heavy atom. The summed E-state index contributed by atoms with van der Waals surface area (Å²) in [6.45, 7) is 16.5. The van der Waals surface area contributed by atoms with Gasteiger partial charge in [-0.05, 0) is 81.0 Å². The molecule has 2 saturated heterocycles. The Morgan fingerprint density at radius 2 is 1.88 bits per heavy atom. The van der Waals surface area contributed by atoms with Crippen LogP contribution in [-0.2, 0) is 9.53 Å². The number of hydrogen-bond acceptors (Lipinski definition) is 7. The Hall–Kier alpha value is -3.56. The lowest BCUT2D eigenvalue weighted by Crippen LogP contribution is -2.43. The lowest BCUT2D eigenvalue weighted by molar-refractivity contribution is -0.120. The standard InChI is InChI=1S/C34H46N6O3/c1-6-40(27-9-15-43-16-10-27)31-19-26(25-7-8-32(36-20-25)39-13-11-35-12-14-39)18-29(24(31)5)33(41)37-21-30-28(22(2)3)17-23(4)38-34(30)42/h7-8,17-20,22,27,30,35H,6,9-16,21H2,1-5H3,(H,37,41). The largest absolute Gasteiger partial charge is 0.381 e. The molecule has 0 spiro atoms. The van der Waals surface area contributed by atoms with Crippen molar-refractivity contribution in [1.82, 2.24) is 15.6 Å². The SMILES string of the molecule is CCN(c1cc(-c2ccc(N3CCNCC3)nc2)cc(C(=O)NCC2C(=O)N=C(C)C=C2C(C)C)c1C)C1CCOCC1. The zero-order chi connectivity index (χ0) is 30.5. The molecule has 2 N–H and O–H groups in total. The summed E-state index contributed by atoms with van der Waals surface area (Å²) < 4.78 is 5.66. The number of carbonyl (C=O) groups excluding carboxylic acids is 2. The van der Waals surface area contributed by atoms with E-state index >= 15 is 0 Å². The van der Waals surface area contributed by atoms with E-state index < -0.39 is 5.92 Å². The van der Waals surface area contributed by atoms with Gasteiger partial charge in [0.05, 0.1) is 5.92 Å². The summed E-state index contributed by atoms with van der Waals surface area (Å²) in [5, 5.41) is 6.49. The predicted molar refractivity (Wildman–Crippen MR) is 173 cm³/mol. The molecule has 5 rings (SSSR count). The summed E-state index contributed by atoms with van der Waals surface area (Å²) >= 11 is 0. The number of nitrogens with zero attached hydrogens (tertiary/aromatic N) is 4. The fourth-order valence-electron chi connectivity index (χ4n) is 6.49. The molecule has 1 atom stereocenters. The Bertz CT molecular complexity index is 1370. The van der Waals surface area contributed by atoms with Gasteiger partial charge in [-0.1, -0.05) is 19.4 Å². The summed E-state index contributed by atoms with van der Waals surface area (Å²) in [6.07, 6.45) is 5.80. The highest BCUT2D eigenvalue weighted by atomic mass is 16.5. The average molecular weight is 587 g/mol. The molecular weight excluding hydrogens is 540 g/mol. The number of dihydropyridines is 1. The molecule has 2 aromatic rings. The van der Waals surface area contributed by atoms with Crippen LogP contribution >= 0.6 is 0 Å². The third-order valence-electron chi connectivity index (χ3n) is 8.92. The molecule has 4 heterocycles. The van der Waals surface area contributed by atoms with E-state index in [2.05, 4.69) is 64.4 Å². The Kier molecular flexibility index (Phi) is 9.93. The van der Waals surface area contributed by atoms with Gasteiger partial charge in [0.25, 0.3) is 11.8 Å². The molecule has 0 radical (unpaired) electrons. The number of rotatable bonds is 9. The van der Waals surface area contributed by atoms with Crippen molar-refractivity contribution in [1.29, 1.82) is 0 Å². The van der Waals surface area contributed by atoms with Crippen LogP contribution in [0.5, 0.6) is 0 Å². The maximum absolute atomic E-state index is 13.9. The van der Waals surface area contributed by atoms with Crippen LogP contribution in [0.25, 0.3) is 11.1 Å². The van der Waals surface area contributed by atoms with Crippen LogP contribution in [0.1, 0.15) is 56.5 Å². The van der Waals surface area contributed by atoms with E-state index in [1.807, 2.05) is 32.2 Å². The van der Waals surface area contributed by atoms with E-state index in [0.717, 1.165) is 92.5 Å². The van der Waals surface area contributed by atoms with E-state index in [1.54, 1.807) is 0 Å². The molecule has 9 nitrogen and oxygen atoms in total. The highest BCUT2D eigenvalue weighted by Crippen LogP contribution is 2.34. The van der Waals surface area contributed by atoms with Crippen molar-refractivity contribution in [2.75, 3.05) is 62.3 Å². The van der Waals surface area contributed by atoms with Crippen molar-refractivity contribution >= 4 is 29.0 Å². The number of pyridine rings is 1. The molecule has 1 unspecified atom stereocenters. The van der Waals surface area contributed by atoms with Crippen molar-refractivity contribution in [2.24, 2.45) is 16.8 Å². The van der Waals surface area contributed by atoms with E-state index in [0.29, 0.717) is 17.3 Å². The summed E-state index contributed by atoms with van der Waals surface area (Å²) in [5.74, 6) is 0.324. The van der Waals surface area contributed by atoms with E-state index in [9.17, 15) is 9.59 Å². The lowest BCUT2D eigenvalue weighted by Gasteiger charge is -2.37. The van der Waals surface area contributed by atoms with Gasteiger partial charge in [0.1, 0.15) is 5.82 Å². The number of amides is 2. The first kappa shape index (κ1) is 30.9. The molecule has 3 aliphatic heterocycles. The van der Waals surface area contributed by atoms with Gasteiger partial charge in [0.15, 0.2) is 0 Å². The van der Waals surface area contributed by atoms with Crippen LogP contribution in [-0.4, -0.2) is 81.0 Å². The van der Waals surface area contributed by atoms with Crippen LogP contribution in [0.15, 0.2) is 47.1 Å². The van der Waals surface area contributed by atoms with Gasteiger partial charge in [-0.3, -0.25) is 9.59 Å². The van der Waals surface area contributed by atoms with Gasteiger partial charge >= 0.3 is 0 Å². The maximum Gasteiger partial charge on any atom is 0.254 e. The number of benzene rings is 1. The Morgan fingerprint density at radius 1 is 1.14 bits per heavy atom. The first-order valence-electron chi connectivity index (χ1n) is 15.8. The van der Waals surface area contributed by atoms with Crippen LogP contribution < -0.4 is 20.4 Å². The molecule has 0 aliphatic carbocycles. The first-order valence-corrected chi connectivity index (χ1v) is 15.8. The smallest absolute Gasteiger partial charge is 0.254 e. The summed E-state index contributed by atoms with van der Waals surface area (Å²) in [5.41, 5.74) is 6.25. The number of aromatic nitrogens is 1. The summed E-state index contributed by atoms with van der Waals surface area (Å²) in [7, 11) is 0. The van der Waals surface area contributed by atoms with Crippen LogP contribution in [0.2, 0.25) is 0 Å². The first-order chi connectivity index (χ1) is 20.8. The minimum atomic E-state index is -0.452. The van der Waals surface area contributed by atoms with Gasteiger partial charge in [-0.15, -0.1) is 0 Å². The molecule has 2 amide bonds. The minimum absolute atomic E-state index is 0.183. The van der Waals surface area contributed by atoms with E-state index in [1.165, 1.54) is 0 Å². The number of aliphatic imine (C=N–C) groups is 1. The number of anilines is 2. The highest BCUT2D eigenvalue weighted by molar-refractivity contribution is 6.06. The quantitative estimate of drug-likeness (QED) is 0.449. The lowest BCUT2D eigenvalue weighted by atomic mass is 9.86. The third-order valence-corrected chi connectivity index (χ3v) is 8.92. The number of nitrogens with one attached hydrogen (secondary N) is 2. The number of hydrogen-bond donors (Lipinski definition) is 2. The fourth-order valence-corrected chi connectivity index (χ4v) is 6.49. The van der Waals surface area contributed by atoms with Crippen LogP contribution in [0.3, 0.4) is 0 Å². The molecule has 0 saturated carbocycles. The zero-order valence-electron chi connectivity index (χ0n) is 26.3. The summed E-state index contributed by atoms with van der Waals surface area (Å²) in [6, 6.07) is 8.70. The van der Waals surface area contributed by atoms with E-state index in [4.69, 9.17) is 9.72 Å². The Balaban J connectivity index is 1.47. The average Bonchev–Trinajstić information content (AvgIpc) is 3.02. The van der Waals surface area contributed by atoms with Crippen molar-refractivity contribution in [3.8, 4) is 11.1 Å². The normalized spacial score (nSPS) is 19.7. The molecule has 1 aromatic heterocycles. The molecular formula is C34H46N6O3. The molecule has 230 valence electrons. The van der Waals surface area contributed by atoms with Gasteiger partial charge in [-0.2, -0.15) is 0 Å². The van der Waals surface area contributed by atoms with Gasteiger partial charge < -0.3 is 25.2 Å². The fraction of sp³-hybridized carbons (Fsp3) is 0.529. The van der Waals surface area contributed by atoms with Crippen molar-refractivity contribution < 1.29 is 14.3 Å². The van der Waals surface area contributed by atoms with Crippen LogP contribution in [0, 0.1) is 18.8 Å². The Labute approximate surface area is 255 Å². The molecule has 3 aliphatic rings. The molecule has 2 fully saturated rings. The topological polar surface area (TPSA) is 99.2 Å². The van der Waals surface area contributed by atoms with Gasteiger partial charge in [0, 0.05) is 87.2 Å². The van der Waals surface area contributed by atoms with Crippen LogP contribution in [0.4, 0.5) is 11.5 Å². The van der Waals surface area contributed by atoms with Crippen molar-refractivity contribution in [3.05, 3.63) is 53.2 Å². The highest BCUT2D eigenvalue weighted by Gasteiger charge is 2.30. The third kappa shape index (κ3) is 6.99. The van der Waals surface area contributed by atoms with Gasteiger partial charge in [-0.25, -0.2) is 9.98 Å². The maximum atomic E-state index is 13.9.